The zero-order valence-electron chi connectivity index (χ0n) is 23.1. The molecular formula is C33H29ClFN3O4. The molecule has 214 valence electrons. The molecule has 42 heavy (non-hydrogen) atoms. The normalized spacial score (nSPS) is 14.8. The third kappa shape index (κ3) is 6.15. The van der Waals surface area contributed by atoms with Gasteiger partial charge in [-0.15, -0.1) is 0 Å². The molecule has 0 bridgehead atoms. The maximum absolute atomic E-state index is 14.1. The van der Waals surface area contributed by atoms with E-state index in [-0.39, 0.29) is 18.7 Å². The molecule has 0 aliphatic carbocycles. The van der Waals surface area contributed by atoms with Gasteiger partial charge in [0.25, 0.3) is 0 Å². The smallest absolute Gasteiger partial charge is 0.337 e. The molecule has 0 radical (unpaired) electrons. The first-order valence-corrected chi connectivity index (χ1v) is 14.2. The van der Waals surface area contributed by atoms with Crippen molar-refractivity contribution in [3.05, 3.63) is 112 Å². The summed E-state index contributed by atoms with van der Waals surface area (Å²) in [6.45, 7) is 1.48. The molecule has 3 aromatic carbocycles. The largest absolute Gasteiger partial charge is 0.473 e. The number of carbonyl (C=O) groups is 1. The van der Waals surface area contributed by atoms with Gasteiger partial charge in [-0.3, -0.25) is 0 Å². The summed E-state index contributed by atoms with van der Waals surface area (Å²) in [4.78, 5) is 21.7. The number of hydrogen-bond acceptors (Lipinski definition) is 6. The van der Waals surface area contributed by atoms with Gasteiger partial charge in [0.15, 0.2) is 0 Å². The van der Waals surface area contributed by atoms with Crippen LogP contribution in [0.3, 0.4) is 0 Å². The second kappa shape index (κ2) is 12.3. The maximum Gasteiger partial charge on any atom is 0.337 e. The van der Waals surface area contributed by atoms with Crippen LogP contribution in [0.15, 0.2) is 78.9 Å². The van der Waals surface area contributed by atoms with Gasteiger partial charge in [-0.25, -0.2) is 19.2 Å². The summed E-state index contributed by atoms with van der Waals surface area (Å²) in [5, 5.41) is 0.340. The van der Waals surface area contributed by atoms with Crippen LogP contribution < -0.4 is 4.74 Å². The van der Waals surface area contributed by atoms with E-state index in [1.807, 2.05) is 36.4 Å². The standard InChI is InChI=1S/C33H29ClFN3O4/c1-40-33(39)23-12-14-29-30(17-23)38(19-26-4-3-15-41-26)31(36-29)16-21-7-9-22(10-8-21)28-5-2-6-32(37-28)42-20-24-11-13-25(34)18-27(24)35/h2,5-14,17-18,26H,3-4,15-16,19-20H2,1H3. The maximum atomic E-state index is 14.1. The Bertz CT molecular complexity index is 1730. The van der Waals surface area contributed by atoms with Crippen molar-refractivity contribution in [2.75, 3.05) is 13.7 Å². The molecule has 1 atom stereocenters. The van der Waals surface area contributed by atoms with Gasteiger partial charge in [0.1, 0.15) is 18.2 Å². The lowest BCUT2D eigenvalue weighted by Crippen LogP contribution is -2.17. The number of methoxy groups -OCH3 is 1. The van der Waals surface area contributed by atoms with Gasteiger partial charge in [0.05, 0.1) is 42.0 Å². The van der Waals surface area contributed by atoms with E-state index in [1.54, 1.807) is 24.3 Å². The van der Waals surface area contributed by atoms with Crippen molar-refractivity contribution in [2.24, 2.45) is 0 Å². The lowest BCUT2D eigenvalue weighted by atomic mass is 10.1. The number of nitrogens with zero attached hydrogens (tertiary/aromatic N) is 3. The van der Waals surface area contributed by atoms with Gasteiger partial charge in [-0.2, -0.15) is 0 Å². The summed E-state index contributed by atoms with van der Waals surface area (Å²) in [5.74, 6) is 0.514. The number of fused-ring (bicyclic) bond motifs is 1. The van der Waals surface area contributed by atoms with E-state index in [2.05, 4.69) is 21.7 Å². The van der Waals surface area contributed by atoms with Crippen LogP contribution in [-0.4, -0.2) is 40.3 Å². The Morgan fingerprint density at radius 2 is 1.93 bits per heavy atom. The highest BCUT2D eigenvalue weighted by Gasteiger charge is 2.21. The molecule has 9 heteroatoms. The van der Waals surface area contributed by atoms with Crippen LogP contribution in [0.2, 0.25) is 5.02 Å². The van der Waals surface area contributed by atoms with Gasteiger partial charge >= 0.3 is 5.97 Å². The topological polar surface area (TPSA) is 75.5 Å². The molecule has 0 amide bonds. The molecule has 1 saturated heterocycles. The number of pyridine rings is 1. The van der Waals surface area contributed by atoms with Crippen LogP contribution in [0, 0.1) is 5.82 Å². The van der Waals surface area contributed by atoms with Crippen LogP contribution in [0.1, 0.15) is 40.2 Å². The Kier molecular flexibility index (Phi) is 8.17. The third-order valence-electron chi connectivity index (χ3n) is 7.38. The number of carbonyl (C=O) groups excluding carboxylic acids is 1. The highest BCUT2D eigenvalue weighted by molar-refractivity contribution is 6.30. The molecule has 1 unspecified atom stereocenters. The summed E-state index contributed by atoms with van der Waals surface area (Å²) in [5.41, 5.74) is 5.37. The van der Waals surface area contributed by atoms with Crippen molar-refractivity contribution in [1.82, 2.24) is 14.5 Å². The second-order valence-electron chi connectivity index (χ2n) is 10.2. The number of ether oxygens (including phenoxy) is 3. The fourth-order valence-electron chi connectivity index (χ4n) is 5.17. The first-order chi connectivity index (χ1) is 20.5. The van der Waals surface area contributed by atoms with Crippen molar-refractivity contribution in [3.8, 4) is 17.1 Å². The summed E-state index contributed by atoms with van der Waals surface area (Å²) in [6, 6.07) is 23.6. The van der Waals surface area contributed by atoms with Gasteiger partial charge in [-0.05, 0) is 54.8 Å². The van der Waals surface area contributed by atoms with Crippen molar-refractivity contribution in [3.63, 3.8) is 0 Å². The van der Waals surface area contributed by atoms with E-state index in [0.29, 0.717) is 35.0 Å². The Balaban J connectivity index is 1.21. The van der Waals surface area contributed by atoms with E-state index >= 15 is 0 Å². The minimum atomic E-state index is -0.414. The average Bonchev–Trinajstić information content (AvgIpc) is 3.64. The number of aromatic nitrogens is 3. The molecule has 6 rings (SSSR count). The summed E-state index contributed by atoms with van der Waals surface area (Å²) < 4.78 is 32.9. The quantitative estimate of drug-likeness (QED) is 0.173. The molecular weight excluding hydrogens is 557 g/mol. The Morgan fingerprint density at radius 1 is 1.07 bits per heavy atom. The number of esters is 1. The highest BCUT2D eigenvalue weighted by Crippen LogP contribution is 2.26. The zero-order valence-corrected chi connectivity index (χ0v) is 23.8. The van der Waals surface area contributed by atoms with Crippen LogP contribution in [-0.2, 0) is 29.0 Å². The highest BCUT2D eigenvalue weighted by atomic mass is 35.5. The van der Waals surface area contributed by atoms with E-state index in [0.717, 1.165) is 53.1 Å². The van der Waals surface area contributed by atoms with Crippen molar-refractivity contribution < 1.29 is 23.4 Å². The fraction of sp³-hybridized carbons (Fsp3) is 0.242. The Morgan fingerprint density at radius 3 is 2.69 bits per heavy atom. The number of imidazole rings is 1. The summed E-state index contributed by atoms with van der Waals surface area (Å²) in [7, 11) is 1.38. The first kappa shape index (κ1) is 27.9. The summed E-state index contributed by atoms with van der Waals surface area (Å²) in [6.07, 6.45) is 2.76. The molecule has 2 aromatic heterocycles. The number of rotatable bonds is 9. The van der Waals surface area contributed by atoms with E-state index < -0.39 is 5.82 Å². The first-order valence-electron chi connectivity index (χ1n) is 13.8. The fourth-order valence-corrected chi connectivity index (χ4v) is 5.33. The predicted molar refractivity (Wildman–Crippen MR) is 158 cm³/mol. The minimum absolute atomic E-state index is 0.0480. The molecule has 7 nitrogen and oxygen atoms in total. The SMILES string of the molecule is COC(=O)c1ccc2nc(Cc3ccc(-c4cccc(OCc5ccc(Cl)cc5F)n4)cc3)n(CC3CCCO3)c2c1. The number of hydrogen-bond donors (Lipinski definition) is 0. The van der Waals surface area contributed by atoms with Gasteiger partial charge in [-0.1, -0.05) is 48.0 Å². The Labute approximate surface area is 247 Å². The summed E-state index contributed by atoms with van der Waals surface area (Å²) >= 11 is 5.84. The van der Waals surface area contributed by atoms with Gasteiger partial charge in [0, 0.05) is 35.2 Å². The predicted octanol–water partition coefficient (Wildman–Crippen LogP) is 7.03. The lowest BCUT2D eigenvalue weighted by Gasteiger charge is -2.15. The third-order valence-corrected chi connectivity index (χ3v) is 7.62. The molecule has 1 aliphatic rings. The molecule has 5 aromatic rings. The molecule has 0 spiro atoms. The van der Waals surface area contributed by atoms with Crippen molar-refractivity contribution in [1.29, 1.82) is 0 Å². The van der Waals surface area contributed by atoms with E-state index in [9.17, 15) is 9.18 Å². The van der Waals surface area contributed by atoms with Crippen LogP contribution in [0.4, 0.5) is 4.39 Å². The second-order valence-corrected chi connectivity index (χ2v) is 10.7. The average molecular weight is 586 g/mol. The Hall–Kier alpha value is -4.27. The van der Waals surface area contributed by atoms with Crippen LogP contribution in [0.25, 0.3) is 22.3 Å². The number of halogens is 2. The lowest BCUT2D eigenvalue weighted by molar-refractivity contribution is 0.0601. The van der Waals surface area contributed by atoms with Gasteiger partial charge in [0.2, 0.25) is 5.88 Å². The molecule has 3 heterocycles. The zero-order chi connectivity index (χ0) is 29.1. The molecule has 1 fully saturated rings. The van der Waals surface area contributed by atoms with E-state index in [4.69, 9.17) is 30.8 Å². The minimum Gasteiger partial charge on any atom is -0.473 e. The molecule has 0 saturated carbocycles. The van der Waals surface area contributed by atoms with Crippen LogP contribution in [0.5, 0.6) is 5.88 Å². The van der Waals surface area contributed by atoms with Gasteiger partial charge < -0.3 is 18.8 Å². The van der Waals surface area contributed by atoms with Crippen molar-refractivity contribution >= 4 is 28.6 Å². The monoisotopic (exact) mass is 585 g/mol. The van der Waals surface area contributed by atoms with Crippen LogP contribution >= 0.6 is 11.6 Å². The molecule has 0 N–H and O–H groups in total. The molecule has 1 aliphatic heterocycles. The van der Waals surface area contributed by atoms with Crippen molar-refractivity contribution in [2.45, 2.75) is 38.5 Å². The van der Waals surface area contributed by atoms with E-state index in [1.165, 1.54) is 13.2 Å². The number of benzene rings is 3.